The van der Waals surface area contributed by atoms with E-state index in [9.17, 15) is 12.8 Å². The zero-order valence-electron chi connectivity index (χ0n) is 10.3. The molecule has 0 amide bonds. The van der Waals surface area contributed by atoms with Gasteiger partial charge in [0.15, 0.2) is 9.34 Å². The first kappa shape index (κ1) is 13.8. The number of hydrogen-bond acceptors (Lipinski definition) is 5. The van der Waals surface area contributed by atoms with Gasteiger partial charge in [-0.25, -0.2) is 17.8 Å². The summed E-state index contributed by atoms with van der Waals surface area (Å²) in [6.07, 6.45) is 0. The Morgan fingerprint density at radius 3 is 2.58 bits per heavy atom. The quantitative estimate of drug-likeness (QED) is 0.910. The summed E-state index contributed by atoms with van der Waals surface area (Å²) in [6.45, 7) is 3.25. The summed E-state index contributed by atoms with van der Waals surface area (Å²) >= 11 is 0.843. The lowest BCUT2D eigenvalue weighted by atomic mass is 10.2. The van der Waals surface area contributed by atoms with Gasteiger partial charge in [0, 0.05) is 0 Å². The summed E-state index contributed by atoms with van der Waals surface area (Å²) < 4.78 is 40.0. The van der Waals surface area contributed by atoms with E-state index in [2.05, 4.69) is 9.71 Å². The summed E-state index contributed by atoms with van der Waals surface area (Å²) in [6, 6.07) is 4.25. The third-order valence-electron chi connectivity index (χ3n) is 2.38. The molecule has 1 heterocycles. The number of nitrogen functional groups attached to an aromatic ring is 1. The molecule has 0 fully saturated rings. The van der Waals surface area contributed by atoms with Gasteiger partial charge in [0.2, 0.25) is 0 Å². The van der Waals surface area contributed by atoms with Crippen molar-refractivity contribution in [1.82, 2.24) is 4.98 Å². The number of thiazole rings is 1. The lowest BCUT2D eigenvalue weighted by molar-refractivity contribution is 0.599. The second-order valence-corrected chi connectivity index (χ2v) is 6.92. The number of benzene rings is 1. The molecule has 102 valence electrons. The first-order valence-corrected chi connectivity index (χ1v) is 7.61. The summed E-state index contributed by atoms with van der Waals surface area (Å²) in [5.74, 6) is -0.626. The number of hydrogen-bond donors (Lipinski definition) is 2. The molecule has 8 heteroatoms. The molecule has 0 saturated heterocycles. The van der Waals surface area contributed by atoms with E-state index in [-0.39, 0.29) is 15.0 Å². The molecule has 19 heavy (non-hydrogen) atoms. The Hall–Kier alpha value is -1.67. The lowest BCUT2D eigenvalue weighted by Gasteiger charge is -2.08. The predicted molar refractivity (Wildman–Crippen MR) is 73.2 cm³/mol. The van der Waals surface area contributed by atoms with Gasteiger partial charge in [0.25, 0.3) is 10.0 Å². The highest BCUT2D eigenvalue weighted by Gasteiger charge is 2.22. The molecule has 0 saturated carbocycles. The van der Waals surface area contributed by atoms with E-state index in [1.54, 1.807) is 13.0 Å². The van der Waals surface area contributed by atoms with Crippen molar-refractivity contribution in [2.45, 2.75) is 18.1 Å². The molecule has 0 spiro atoms. The lowest BCUT2D eigenvalue weighted by Crippen LogP contribution is -2.13. The molecule has 0 aliphatic heterocycles. The van der Waals surface area contributed by atoms with Crippen LogP contribution in [0.2, 0.25) is 0 Å². The average Bonchev–Trinajstić information content (AvgIpc) is 2.63. The summed E-state index contributed by atoms with van der Waals surface area (Å²) in [5.41, 5.74) is 6.36. The van der Waals surface area contributed by atoms with Crippen LogP contribution in [-0.2, 0) is 10.0 Å². The van der Waals surface area contributed by atoms with Gasteiger partial charge in [0.05, 0.1) is 11.4 Å². The number of sulfonamides is 1. The van der Waals surface area contributed by atoms with Crippen molar-refractivity contribution in [3.05, 3.63) is 35.3 Å². The van der Waals surface area contributed by atoms with Crippen LogP contribution in [0, 0.1) is 19.7 Å². The highest BCUT2D eigenvalue weighted by atomic mass is 32.2. The van der Waals surface area contributed by atoms with Gasteiger partial charge in [-0.15, -0.1) is 0 Å². The van der Waals surface area contributed by atoms with Crippen LogP contribution in [0.5, 0.6) is 0 Å². The molecule has 3 N–H and O–H groups in total. The first-order chi connectivity index (χ1) is 8.79. The van der Waals surface area contributed by atoms with Crippen molar-refractivity contribution >= 4 is 32.2 Å². The molecular formula is C11H12FN3O2S2. The van der Waals surface area contributed by atoms with E-state index in [1.807, 2.05) is 0 Å². The van der Waals surface area contributed by atoms with E-state index in [0.717, 1.165) is 11.3 Å². The van der Waals surface area contributed by atoms with Crippen LogP contribution in [-0.4, -0.2) is 13.4 Å². The zero-order valence-corrected chi connectivity index (χ0v) is 11.9. The van der Waals surface area contributed by atoms with Crippen LogP contribution in [0.25, 0.3) is 0 Å². The number of aromatic nitrogens is 1. The molecule has 0 aliphatic rings. The van der Waals surface area contributed by atoms with Crippen molar-refractivity contribution in [3.8, 4) is 0 Å². The Kier molecular flexibility index (Phi) is 3.46. The fourth-order valence-electron chi connectivity index (χ4n) is 1.55. The van der Waals surface area contributed by atoms with Crippen LogP contribution < -0.4 is 10.5 Å². The Balaban J connectivity index is 2.39. The smallest absolute Gasteiger partial charge is 0.273 e. The number of anilines is 2. The van der Waals surface area contributed by atoms with Crippen LogP contribution >= 0.6 is 11.3 Å². The highest BCUT2D eigenvalue weighted by Crippen LogP contribution is 2.27. The maximum absolute atomic E-state index is 13.6. The molecule has 0 unspecified atom stereocenters. The largest absolute Gasteiger partial charge is 0.375 e. The second kappa shape index (κ2) is 4.78. The molecule has 0 atom stereocenters. The molecule has 2 aromatic rings. The fourth-order valence-corrected chi connectivity index (χ4v) is 3.91. The maximum atomic E-state index is 13.6. The van der Waals surface area contributed by atoms with Crippen LogP contribution in [0.3, 0.4) is 0 Å². The van der Waals surface area contributed by atoms with E-state index in [4.69, 9.17) is 5.73 Å². The second-order valence-electron chi connectivity index (χ2n) is 4.01. The van der Waals surface area contributed by atoms with Crippen molar-refractivity contribution in [2.24, 2.45) is 0 Å². The van der Waals surface area contributed by atoms with Crippen molar-refractivity contribution in [3.63, 3.8) is 0 Å². The number of nitrogens with zero attached hydrogens (tertiary/aromatic N) is 1. The van der Waals surface area contributed by atoms with Crippen molar-refractivity contribution in [1.29, 1.82) is 0 Å². The molecule has 2 rings (SSSR count). The topological polar surface area (TPSA) is 85.1 Å². The van der Waals surface area contributed by atoms with Crippen LogP contribution in [0.15, 0.2) is 22.4 Å². The SMILES string of the molecule is Cc1ccc(NS(=O)(=O)c2sc(N)nc2C)c(F)c1. The summed E-state index contributed by atoms with van der Waals surface area (Å²) in [5, 5.41) is 0.155. The number of halogens is 1. The van der Waals surface area contributed by atoms with Crippen LogP contribution in [0.4, 0.5) is 15.2 Å². The molecular weight excluding hydrogens is 289 g/mol. The van der Waals surface area contributed by atoms with E-state index < -0.39 is 15.8 Å². The minimum Gasteiger partial charge on any atom is -0.375 e. The summed E-state index contributed by atoms with van der Waals surface area (Å²) in [4.78, 5) is 3.84. The number of aryl methyl sites for hydroxylation is 2. The zero-order chi connectivity index (χ0) is 14.2. The number of rotatable bonds is 3. The molecule has 1 aromatic heterocycles. The third kappa shape index (κ3) is 2.85. The Bertz CT molecular complexity index is 726. The standard InChI is InChI=1S/C11H12FN3O2S2/c1-6-3-4-9(8(12)5-6)15-19(16,17)10-7(2)14-11(13)18-10/h3-5,15H,1-2H3,(H2,13,14). The number of nitrogens with two attached hydrogens (primary N) is 1. The summed E-state index contributed by atoms with van der Waals surface area (Å²) in [7, 11) is -3.87. The minimum absolute atomic E-state index is 0.00928. The van der Waals surface area contributed by atoms with Gasteiger partial charge in [-0.05, 0) is 31.5 Å². The Labute approximate surface area is 114 Å². The highest BCUT2D eigenvalue weighted by molar-refractivity contribution is 7.94. The maximum Gasteiger partial charge on any atom is 0.273 e. The average molecular weight is 301 g/mol. The molecule has 1 aromatic carbocycles. The van der Waals surface area contributed by atoms with Crippen LogP contribution in [0.1, 0.15) is 11.3 Å². The normalized spacial score (nSPS) is 11.5. The number of nitrogens with one attached hydrogen (secondary N) is 1. The Morgan fingerprint density at radius 2 is 2.05 bits per heavy atom. The first-order valence-electron chi connectivity index (χ1n) is 5.31. The van der Waals surface area contributed by atoms with E-state index in [0.29, 0.717) is 11.3 Å². The predicted octanol–water partition coefficient (Wildman–Crippen LogP) is 2.28. The van der Waals surface area contributed by atoms with Gasteiger partial charge < -0.3 is 5.73 Å². The van der Waals surface area contributed by atoms with Gasteiger partial charge in [-0.1, -0.05) is 17.4 Å². The third-order valence-corrected chi connectivity index (χ3v) is 5.35. The molecule has 5 nitrogen and oxygen atoms in total. The van der Waals surface area contributed by atoms with E-state index in [1.165, 1.54) is 19.1 Å². The van der Waals surface area contributed by atoms with E-state index >= 15 is 0 Å². The van der Waals surface area contributed by atoms with Crippen molar-refractivity contribution in [2.75, 3.05) is 10.5 Å². The monoisotopic (exact) mass is 301 g/mol. The minimum atomic E-state index is -3.87. The molecule has 0 bridgehead atoms. The van der Waals surface area contributed by atoms with Gasteiger partial charge in [-0.3, -0.25) is 4.72 Å². The van der Waals surface area contributed by atoms with Gasteiger partial charge in [-0.2, -0.15) is 0 Å². The van der Waals surface area contributed by atoms with Crippen molar-refractivity contribution < 1.29 is 12.8 Å². The molecule has 0 aliphatic carbocycles. The molecule has 0 radical (unpaired) electrons. The fraction of sp³-hybridized carbons (Fsp3) is 0.182. The Morgan fingerprint density at radius 1 is 1.37 bits per heavy atom. The van der Waals surface area contributed by atoms with Gasteiger partial charge >= 0.3 is 0 Å². The van der Waals surface area contributed by atoms with Gasteiger partial charge in [0.1, 0.15) is 5.82 Å².